The Balaban J connectivity index is 1.96. The quantitative estimate of drug-likeness (QED) is 0.895. The van der Waals surface area contributed by atoms with Crippen molar-refractivity contribution >= 4 is 28.8 Å². The maximum Gasteiger partial charge on any atom is 0.416 e. The van der Waals surface area contributed by atoms with Gasteiger partial charge in [0.25, 0.3) is 5.91 Å². The minimum Gasteiger partial charge on any atom is -0.347 e. The Hall–Kier alpha value is -1.53. The van der Waals surface area contributed by atoms with Crippen molar-refractivity contribution in [2.45, 2.75) is 12.7 Å². The lowest BCUT2D eigenvalue weighted by Crippen LogP contribution is -2.21. The summed E-state index contributed by atoms with van der Waals surface area (Å²) in [7, 11) is 0. The predicted molar refractivity (Wildman–Crippen MR) is 71.9 cm³/mol. The summed E-state index contributed by atoms with van der Waals surface area (Å²) in [6.07, 6.45) is -4.35. The second kappa shape index (κ2) is 5.85. The molecule has 0 saturated heterocycles. The van der Waals surface area contributed by atoms with E-state index >= 15 is 0 Å². The summed E-state index contributed by atoms with van der Waals surface area (Å²) in [5.74, 6) is -0.304. The van der Waals surface area contributed by atoms with Gasteiger partial charge in [0.05, 0.1) is 14.8 Å². The molecule has 1 amide bonds. The van der Waals surface area contributed by atoms with Gasteiger partial charge in [-0.25, -0.2) is 0 Å². The summed E-state index contributed by atoms with van der Waals surface area (Å²) in [6.45, 7) is 0.159. The van der Waals surface area contributed by atoms with Crippen molar-refractivity contribution in [1.29, 1.82) is 0 Å². The van der Waals surface area contributed by atoms with E-state index in [0.29, 0.717) is 14.8 Å². The van der Waals surface area contributed by atoms with Crippen molar-refractivity contribution in [2.75, 3.05) is 0 Å². The van der Waals surface area contributed by atoms with Crippen LogP contribution >= 0.6 is 22.9 Å². The Morgan fingerprint density at radius 3 is 2.30 bits per heavy atom. The molecule has 0 aliphatic carbocycles. The summed E-state index contributed by atoms with van der Waals surface area (Å²) in [5.41, 5.74) is -0.119. The first kappa shape index (κ1) is 14.9. The molecule has 0 aliphatic heterocycles. The normalized spacial score (nSPS) is 11.4. The van der Waals surface area contributed by atoms with E-state index in [1.807, 2.05) is 0 Å². The zero-order valence-electron chi connectivity index (χ0n) is 10.00. The molecule has 2 nitrogen and oxygen atoms in total. The van der Waals surface area contributed by atoms with Crippen LogP contribution in [0.2, 0.25) is 4.34 Å². The van der Waals surface area contributed by atoms with Crippen LogP contribution in [0.1, 0.15) is 20.8 Å². The molecule has 0 fully saturated rings. The van der Waals surface area contributed by atoms with Gasteiger partial charge in [0.1, 0.15) is 0 Å². The molecule has 2 rings (SSSR count). The van der Waals surface area contributed by atoms with Crippen molar-refractivity contribution in [1.82, 2.24) is 5.32 Å². The van der Waals surface area contributed by atoms with Gasteiger partial charge < -0.3 is 5.32 Å². The highest BCUT2D eigenvalue weighted by atomic mass is 35.5. The summed E-state index contributed by atoms with van der Waals surface area (Å²) in [5, 5.41) is 2.62. The van der Waals surface area contributed by atoms with E-state index in [4.69, 9.17) is 11.6 Å². The van der Waals surface area contributed by atoms with Crippen LogP contribution in [-0.2, 0) is 12.7 Å². The standard InChI is InChI=1S/C13H9ClF3NOS/c14-11-6-5-10(20-11)12(19)18-7-8-1-3-9(4-2-8)13(15,16)17/h1-6H,7H2,(H,18,19). The van der Waals surface area contributed by atoms with Crippen molar-refractivity contribution < 1.29 is 18.0 Å². The molecule has 1 aromatic carbocycles. The molecule has 0 saturated carbocycles. The first-order valence-electron chi connectivity index (χ1n) is 5.56. The van der Waals surface area contributed by atoms with Crippen LogP contribution in [0.5, 0.6) is 0 Å². The minimum atomic E-state index is -4.35. The molecule has 0 aliphatic rings. The van der Waals surface area contributed by atoms with Gasteiger partial charge >= 0.3 is 6.18 Å². The lowest BCUT2D eigenvalue weighted by Gasteiger charge is -2.08. The van der Waals surface area contributed by atoms with Gasteiger partial charge in [0.15, 0.2) is 0 Å². The fourth-order valence-electron chi connectivity index (χ4n) is 1.52. The molecule has 1 aromatic heterocycles. The van der Waals surface area contributed by atoms with Gasteiger partial charge in [-0.2, -0.15) is 13.2 Å². The Morgan fingerprint density at radius 2 is 1.80 bits per heavy atom. The molecule has 0 atom stereocenters. The minimum absolute atomic E-state index is 0.159. The summed E-state index contributed by atoms with van der Waals surface area (Å²) < 4.78 is 37.6. The highest BCUT2D eigenvalue weighted by molar-refractivity contribution is 7.17. The Morgan fingerprint density at radius 1 is 1.15 bits per heavy atom. The van der Waals surface area contributed by atoms with Crippen LogP contribution in [0.25, 0.3) is 0 Å². The van der Waals surface area contributed by atoms with E-state index in [-0.39, 0.29) is 12.5 Å². The highest BCUT2D eigenvalue weighted by Crippen LogP contribution is 2.29. The van der Waals surface area contributed by atoms with Crippen LogP contribution in [0, 0.1) is 0 Å². The second-order valence-electron chi connectivity index (χ2n) is 3.98. The largest absolute Gasteiger partial charge is 0.416 e. The fourth-order valence-corrected chi connectivity index (χ4v) is 2.48. The van der Waals surface area contributed by atoms with E-state index in [1.165, 1.54) is 12.1 Å². The van der Waals surface area contributed by atoms with Crippen molar-refractivity contribution in [3.63, 3.8) is 0 Å². The molecular formula is C13H9ClF3NOS. The zero-order chi connectivity index (χ0) is 14.8. The van der Waals surface area contributed by atoms with E-state index < -0.39 is 11.7 Å². The van der Waals surface area contributed by atoms with E-state index in [9.17, 15) is 18.0 Å². The maximum absolute atomic E-state index is 12.4. The smallest absolute Gasteiger partial charge is 0.347 e. The molecule has 106 valence electrons. The number of thiophene rings is 1. The van der Waals surface area contributed by atoms with Gasteiger partial charge in [-0.3, -0.25) is 4.79 Å². The number of rotatable bonds is 3. The van der Waals surface area contributed by atoms with Crippen LogP contribution in [0.15, 0.2) is 36.4 Å². The number of nitrogens with one attached hydrogen (secondary N) is 1. The number of carbonyl (C=O) groups is 1. The van der Waals surface area contributed by atoms with Crippen LogP contribution < -0.4 is 5.32 Å². The number of hydrogen-bond donors (Lipinski definition) is 1. The number of carbonyl (C=O) groups excluding carboxylic acids is 1. The predicted octanol–water partition coefficient (Wildman–Crippen LogP) is 4.35. The lowest BCUT2D eigenvalue weighted by molar-refractivity contribution is -0.137. The van der Waals surface area contributed by atoms with Crippen molar-refractivity contribution in [3.05, 3.63) is 56.7 Å². The number of benzene rings is 1. The van der Waals surface area contributed by atoms with Gasteiger partial charge in [0, 0.05) is 6.54 Å². The first-order valence-corrected chi connectivity index (χ1v) is 6.75. The zero-order valence-corrected chi connectivity index (χ0v) is 11.6. The number of amides is 1. The first-order chi connectivity index (χ1) is 9.36. The van der Waals surface area contributed by atoms with Gasteiger partial charge in [-0.15, -0.1) is 11.3 Å². The molecule has 20 heavy (non-hydrogen) atoms. The summed E-state index contributed by atoms with van der Waals surface area (Å²) >= 11 is 6.86. The molecule has 0 bridgehead atoms. The number of alkyl halides is 3. The Kier molecular flexibility index (Phi) is 4.35. The number of hydrogen-bond acceptors (Lipinski definition) is 2. The molecule has 0 radical (unpaired) electrons. The van der Waals surface area contributed by atoms with Gasteiger partial charge in [-0.05, 0) is 29.8 Å². The van der Waals surface area contributed by atoms with E-state index in [2.05, 4.69) is 5.32 Å². The van der Waals surface area contributed by atoms with Crippen molar-refractivity contribution in [3.8, 4) is 0 Å². The molecule has 7 heteroatoms. The topological polar surface area (TPSA) is 29.1 Å². The third kappa shape index (κ3) is 3.74. The van der Waals surface area contributed by atoms with Crippen LogP contribution in [0.4, 0.5) is 13.2 Å². The van der Waals surface area contributed by atoms with Crippen LogP contribution in [-0.4, -0.2) is 5.91 Å². The highest BCUT2D eigenvalue weighted by Gasteiger charge is 2.29. The SMILES string of the molecule is O=C(NCc1ccc(C(F)(F)F)cc1)c1ccc(Cl)s1. The maximum atomic E-state index is 12.4. The summed E-state index contributed by atoms with van der Waals surface area (Å²) in [6, 6.07) is 7.86. The molecule has 1 heterocycles. The van der Waals surface area contributed by atoms with Gasteiger partial charge in [-0.1, -0.05) is 23.7 Å². The third-order valence-corrected chi connectivity index (χ3v) is 3.76. The fraction of sp³-hybridized carbons (Fsp3) is 0.154. The van der Waals surface area contributed by atoms with E-state index in [0.717, 1.165) is 23.5 Å². The molecule has 1 N–H and O–H groups in total. The van der Waals surface area contributed by atoms with Crippen LogP contribution in [0.3, 0.4) is 0 Å². The molecular weight excluding hydrogens is 311 g/mol. The van der Waals surface area contributed by atoms with Gasteiger partial charge in [0.2, 0.25) is 0 Å². The lowest BCUT2D eigenvalue weighted by atomic mass is 10.1. The molecule has 0 unspecified atom stereocenters. The molecule has 2 aromatic rings. The van der Waals surface area contributed by atoms with Crippen molar-refractivity contribution in [2.24, 2.45) is 0 Å². The Labute approximate surface area is 122 Å². The van der Waals surface area contributed by atoms with E-state index in [1.54, 1.807) is 12.1 Å². The average Bonchev–Trinajstić information content (AvgIpc) is 2.82. The average molecular weight is 320 g/mol. The monoisotopic (exact) mass is 319 g/mol. The third-order valence-electron chi connectivity index (χ3n) is 2.53. The molecule has 0 spiro atoms. The number of halogens is 4. The Bertz CT molecular complexity index is 607. The second-order valence-corrected chi connectivity index (χ2v) is 5.70. The summed E-state index contributed by atoms with van der Waals surface area (Å²) in [4.78, 5) is 12.2.